The number of carbonyl (C=O) groups is 2. The molecule has 0 unspecified atom stereocenters. The summed E-state index contributed by atoms with van der Waals surface area (Å²) in [5.41, 5.74) is 0. The summed E-state index contributed by atoms with van der Waals surface area (Å²) < 4.78 is 19.9. The summed E-state index contributed by atoms with van der Waals surface area (Å²) >= 11 is 0. The van der Waals surface area contributed by atoms with E-state index in [0.717, 1.165) is 0 Å². The Kier molecular flexibility index (Phi) is 22.2. The Labute approximate surface area is 305 Å². The average molecular weight is 755 g/mol. The van der Waals surface area contributed by atoms with Gasteiger partial charge in [0.15, 0.2) is 12.6 Å². The molecule has 24 nitrogen and oxygen atoms in total. The Bertz CT molecular complexity index is 888. The zero-order valence-corrected chi connectivity index (χ0v) is 27.6. The molecule has 284 valence electrons. The minimum atomic E-state index is -2.50. The number of hydrogen-bond donors (Lipinski definition) is 16. The van der Waals surface area contributed by atoms with Crippen molar-refractivity contribution in [2.75, 3.05) is 26.4 Å². The van der Waals surface area contributed by atoms with E-state index in [4.69, 9.17) is 39.4 Å². The zero-order valence-electron chi connectivity index (χ0n) is 25.3. The first-order valence-corrected chi connectivity index (χ1v) is 13.9. The summed E-state index contributed by atoms with van der Waals surface area (Å²) in [7, 11) is 0. The number of aliphatic hydroxyl groups excluding tert-OH is 16. The number of carbonyl (C=O) groups excluding carboxylic acids is 2. The zero-order chi connectivity index (χ0) is 37.2. The van der Waals surface area contributed by atoms with Gasteiger partial charge >= 0.3 is 37.7 Å². The first-order chi connectivity index (χ1) is 22.3. The summed E-state index contributed by atoms with van der Waals surface area (Å²) in [6, 6.07) is 0. The van der Waals surface area contributed by atoms with Gasteiger partial charge in [0, 0.05) is 0 Å². The van der Waals surface area contributed by atoms with Gasteiger partial charge < -0.3 is 120 Å². The number of rotatable bonds is 16. The molecular weight excluding hydrogens is 712 g/mol. The third kappa shape index (κ3) is 12.8. The van der Waals surface area contributed by atoms with Gasteiger partial charge in [-0.05, 0) is 0 Å². The van der Waals surface area contributed by atoms with Crippen molar-refractivity contribution < 1.29 is 120 Å². The second-order valence-corrected chi connectivity index (χ2v) is 10.6. The van der Waals surface area contributed by atoms with Crippen LogP contribution in [-0.4, -0.2) is 268 Å². The van der Waals surface area contributed by atoms with E-state index >= 15 is 0 Å². The van der Waals surface area contributed by atoms with Gasteiger partial charge in [-0.1, -0.05) is 0 Å². The fourth-order valence-corrected chi connectivity index (χ4v) is 4.31. The van der Waals surface area contributed by atoms with Crippen LogP contribution in [0.2, 0.25) is 0 Å². The Morgan fingerprint density at radius 2 is 0.837 bits per heavy atom. The fourth-order valence-electron chi connectivity index (χ4n) is 4.31. The van der Waals surface area contributed by atoms with Gasteiger partial charge in [-0.2, -0.15) is 0 Å². The second kappa shape index (κ2) is 22.5. The van der Waals surface area contributed by atoms with Crippen molar-refractivity contribution in [1.29, 1.82) is 0 Å². The van der Waals surface area contributed by atoms with Gasteiger partial charge in [0.2, 0.25) is 0 Å². The predicted molar refractivity (Wildman–Crippen MR) is 143 cm³/mol. The summed E-state index contributed by atoms with van der Waals surface area (Å²) in [5, 5.41) is 173. The molecule has 2 aliphatic rings. The van der Waals surface area contributed by atoms with Crippen LogP contribution in [0.1, 0.15) is 0 Å². The molecule has 0 aromatic heterocycles. The summed E-state index contributed by atoms with van der Waals surface area (Å²) in [6.07, 6.45) is -34.5. The van der Waals surface area contributed by atoms with Crippen LogP contribution in [0.4, 0.5) is 0 Å². The molecule has 0 saturated carbocycles. The van der Waals surface area contributed by atoms with E-state index in [-0.39, 0.29) is 37.7 Å². The van der Waals surface area contributed by atoms with Crippen LogP contribution < -0.4 is 10.2 Å². The minimum absolute atomic E-state index is 0. The van der Waals surface area contributed by atoms with E-state index < -0.39 is 149 Å². The molecule has 0 amide bonds. The van der Waals surface area contributed by atoms with Crippen LogP contribution in [0.25, 0.3) is 0 Å². The van der Waals surface area contributed by atoms with Crippen molar-refractivity contribution in [3.63, 3.8) is 0 Å². The molecule has 2 aliphatic heterocycles. The van der Waals surface area contributed by atoms with Gasteiger partial charge in [0.25, 0.3) is 0 Å². The molecular formula is C24H42CaO24. The standard InChI is InChI=1S/2C12H22O12.Ca/c2*13-1-3(15)10(7(18)8(19)11(21)22)24-12-9(20)6(17)5(16)4(2-14)23-12;/h2*3-10,12-20H,1-2H2,(H,21,22);/q;;+2/p-2/t2*3-,4-,5-,6+,7-,8+,9-,10+,12+;/m11./s1. The van der Waals surface area contributed by atoms with Gasteiger partial charge in [-0.3, -0.25) is 0 Å². The van der Waals surface area contributed by atoms with Crippen LogP contribution in [0.3, 0.4) is 0 Å². The molecule has 18 atom stereocenters. The number of ether oxygens (including phenoxy) is 4. The molecule has 2 rings (SSSR count). The van der Waals surface area contributed by atoms with E-state index in [1.165, 1.54) is 0 Å². The molecule has 2 heterocycles. The maximum absolute atomic E-state index is 10.6. The van der Waals surface area contributed by atoms with E-state index in [1.54, 1.807) is 0 Å². The van der Waals surface area contributed by atoms with Crippen molar-refractivity contribution in [3.8, 4) is 0 Å². The Morgan fingerprint density at radius 1 is 0.551 bits per heavy atom. The van der Waals surface area contributed by atoms with Crippen LogP contribution in [0.15, 0.2) is 0 Å². The van der Waals surface area contributed by atoms with E-state index in [2.05, 4.69) is 0 Å². The van der Waals surface area contributed by atoms with Gasteiger partial charge in [-0.25, -0.2) is 0 Å². The third-order valence-electron chi connectivity index (χ3n) is 7.22. The molecule has 2 saturated heterocycles. The second-order valence-electron chi connectivity index (χ2n) is 10.6. The molecule has 0 aromatic rings. The average Bonchev–Trinajstić information content (AvgIpc) is 3.07. The topological polar surface area (TPSA) is 441 Å². The summed E-state index contributed by atoms with van der Waals surface area (Å²) in [6.45, 7) is -3.58. The number of hydrogen-bond acceptors (Lipinski definition) is 24. The van der Waals surface area contributed by atoms with E-state index in [0.29, 0.717) is 0 Å². The first-order valence-electron chi connectivity index (χ1n) is 13.9. The van der Waals surface area contributed by atoms with E-state index in [9.17, 15) is 81.1 Å². The largest absolute Gasteiger partial charge is 2.00 e. The Balaban J connectivity index is 0.000000922. The van der Waals surface area contributed by atoms with E-state index in [1.807, 2.05) is 0 Å². The third-order valence-corrected chi connectivity index (χ3v) is 7.22. The molecule has 25 heteroatoms. The Hall–Kier alpha value is -0.600. The number of aliphatic hydroxyl groups is 16. The molecule has 0 bridgehead atoms. The molecule has 2 fully saturated rings. The fraction of sp³-hybridized carbons (Fsp3) is 0.917. The molecule has 49 heavy (non-hydrogen) atoms. The maximum atomic E-state index is 10.6. The van der Waals surface area contributed by atoms with Crippen molar-refractivity contribution >= 4 is 49.7 Å². The first kappa shape index (κ1) is 48.4. The smallest absolute Gasteiger partial charge is 0.547 e. The number of carboxylic acids is 2. The SMILES string of the molecule is O=C([O-])[C@@H](O)[C@@H](O)[C@@H](O[C@@H]1O[C@H](CO)[C@@H](O)[C@H](O)[C@H]1O)[C@H](O)CO.O=C([O-])[C@@H](O)[C@@H](O)[C@@H](O[C@@H]1O[C@H](CO)[C@@H](O)[C@H](O)[C@H]1O)[C@H](O)CO.[Ca+2]. The number of aliphatic carboxylic acids is 2. The van der Waals surface area contributed by atoms with Crippen LogP contribution in [0, 0.1) is 0 Å². The van der Waals surface area contributed by atoms with Gasteiger partial charge in [-0.15, -0.1) is 0 Å². The van der Waals surface area contributed by atoms with Gasteiger partial charge in [0.05, 0.1) is 38.4 Å². The summed E-state index contributed by atoms with van der Waals surface area (Å²) in [5.74, 6) is -4.18. The van der Waals surface area contributed by atoms with Crippen molar-refractivity contribution in [2.45, 2.75) is 110 Å². The normalized spacial score (nSPS) is 35.2. The monoisotopic (exact) mass is 754 g/mol. The predicted octanol–water partition coefficient (Wildman–Crippen LogP) is -14.4. The van der Waals surface area contributed by atoms with Crippen molar-refractivity contribution in [2.24, 2.45) is 0 Å². The number of carboxylic acid groups (broad SMARTS) is 2. The van der Waals surface area contributed by atoms with Crippen molar-refractivity contribution in [3.05, 3.63) is 0 Å². The van der Waals surface area contributed by atoms with Crippen molar-refractivity contribution in [1.82, 2.24) is 0 Å². The maximum Gasteiger partial charge on any atom is 2.00 e. The minimum Gasteiger partial charge on any atom is -0.547 e. The molecule has 16 N–H and O–H groups in total. The molecule has 0 aliphatic carbocycles. The van der Waals surface area contributed by atoms with Crippen LogP contribution in [0.5, 0.6) is 0 Å². The molecule has 0 aromatic carbocycles. The van der Waals surface area contributed by atoms with Crippen LogP contribution >= 0.6 is 0 Å². The van der Waals surface area contributed by atoms with Crippen LogP contribution in [-0.2, 0) is 28.5 Å². The molecule has 0 spiro atoms. The summed E-state index contributed by atoms with van der Waals surface area (Å²) in [4.78, 5) is 21.2. The Morgan fingerprint density at radius 3 is 1.06 bits per heavy atom. The van der Waals surface area contributed by atoms with Gasteiger partial charge in [0.1, 0.15) is 97.7 Å². The quantitative estimate of drug-likeness (QED) is 0.0650. The molecule has 0 radical (unpaired) electrons.